The summed E-state index contributed by atoms with van der Waals surface area (Å²) in [4.78, 5) is 34.5. The Hall–Kier alpha value is -2.29. The maximum Gasteiger partial charge on any atom is 0.282 e. The Morgan fingerprint density at radius 3 is 2.86 bits per heavy atom. The molecule has 1 N–H and O–H groups in total. The summed E-state index contributed by atoms with van der Waals surface area (Å²) in [5.74, 6) is -0.132. The van der Waals surface area contributed by atoms with E-state index in [1.165, 1.54) is 4.90 Å². The average Bonchev–Trinajstić information content (AvgIpc) is 2.83. The lowest BCUT2D eigenvalue weighted by molar-refractivity contribution is -0.385. The molecule has 1 heterocycles. The zero-order chi connectivity index (χ0) is 15.4. The first-order valence-corrected chi connectivity index (χ1v) is 7.08. The van der Waals surface area contributed by atoms with Gasteiger partial charge in [-0.3, -0.25) is 19.7 Å². The number of nitro benzene ring substituents is 1. The molecule has 0 aromatic heterocycles. The van der Waals surface area contributed by atoms with E-state index in [2.05, 4.69) is 5.32 Å². The zero-order valence-corrected chi connectivity index (χ0v) is 11.7. The molecule has 21 heavy (non-hydrogen) atoms. The number of nitrogens with zero attached hydrogens (tertiary/aromatic N) is 2. The number of nitrogens with one attached hydrogen (secondary N) is 1. The van der Waals surface area contributed by atoms with Crippen LogP contribution in [0.25, 0.3) is 0 Å². The molecule has 0 spiro atoms. The van der Waals surface area contributed by atoms with Gasteiger partial charge < -0.3 is 15.3 Å². The first-order chi connectivity index (χ1) is 9.97. The normalized spacial score (nSPS) is 14.3. The lowest BCUT2D eigenvalue weighted by Crippen LogP contribution is -2.37. The number of nitro groups is 1. The molecule has 112 valence electrons. The lowest BCUT2D eigenvalue weighted by Gasteiger charge is -2.16. The van der Waals surface area contributed by atoms with Crippen molar-refractivity contribution in [2.75, 3.05) is 18.8 Å². The summed E-state index contributed by atoms with van der Waals surface area (Å²) in [6.45, 7) is 0.337. The van der Waals surface area contributed by atoms with Crippen molar-refractivity contribution in [3.05, 3.63) is 33.9 Å². The number of carbonyl (C=O) groups is 2. The molecular weight excluding hydrogens is 298 g/mol. The van der Waals surface area contributed by atoms with Gasteiger partial charge in [0.25, 0.3) is 10.9 Å². The van der Waals surface area contributed by atoms with E-state index in [0.29, 0.717) is 12.3 Å². The first-order valence-electron chi connectivity index (χ1n) is 6.10. The Labute approximate surface area is 124 Å². The standard InChI is InChI=1S/C12H13N3O5S/c16-10-2-1-9(15(19)20)5-8(10)6-13-11(17)7-14-3-4-21-12(14)18/h1-2,5,16H,3-4,6-7H2,(H,13,17)/p-1. The molecule has 0 radical (unpaired) electrons. The van der Waals surface area contributed by atoms with Crippen molar-refractivity contribution in [2.45, 2.75) is 6.54 Å². The summed E-state index contributed by atoms with van der Waals surface area (Å²) in [5, 5.41) is 24.5. The highest BCUT2D eigenvalue weighted by molar-refractivity contribution is 8.13. The Morgan fingerprint density at radius 1 is 1.48 bits per heavy atom. The fraction of sp³-hybridized carbons (Fsp3) is 0.333. The predicted molar refractivity (Wildman–Crippen MR) is 73.8 cm³/mol. The number of carbonyl (C=O) groups excluding carboxylic acids is 2. The minimum absolute atomic E-state index is 0.0745. The first kappa shape index (κ1) is 15.1. The van der Waals surface area contributed by atoms with Gasteiger partial charge in [0, 0.05) is 31.0 Å². The van der Waals surface area contributed by atoms with Crippen molar-refractivity contribution in [1.29, 1.82) is 0 Å². The second kappa shape index (κ2) is 6.44. The highest BCUT2D eigenvalue weighted by Gasteiger charge is 2.23. The van der Waals surface area contributed by atoms with Crippen molar-refractivity contribution in [1.82, 2.24) is 10.2 Å². The van der Waals surface area contributed by atoms with Crippen molar-refractivity contribution >= 4 is 28.6 Å². The van der Waals surface area contributed by atoms with E-state index in [9.17, 15) is 24.8 Å². The second-order valence-corrected chi connectivity index (χ2v) is 5.41. The van der Waals surface area contributed by atoms with Gasteiger partial charge in [0.05, 0.1) is 4.92 Å². The molecule has 1 aromatic rings. The minimum Gasteiger partial charge on any atom is -0.872 e. The number of non-ortho nitro benzene ring substituents is 1. The number of hydrogen-bond acceptors (Lipinski definition) is 6. The van der Waals surface area contributed by atoms with Crippen LogP contribution in [0.5, 0.6) is 5.75 Å². The highest BCUT2D eigenvalue weighted by atomic mass is 32.2. The van der Waals surface area contributed by atoms with Crippen LogP contribution in [-0.2, 0) is 11.3 Å². The molecule has 0 bridgehead atoms. The Kier molecular flexibility index (Phi) is 4.63. The van der Waals surface area contributed by atoms with Gasteiger partial charge in [-0.15, -0.1) is 5.75 Å². The van der Waals surface area contributed by atoms with Gasteiger partial charge in [-0.05, 0) is 5.56 Å². The second-order valence-electron chi connectivity index (χ2n) is 4.36. The van der Waals surface area contributed by atoms with Crippen LogP contribution >= 0.6 is 11.8 Å². The van der Waals surface area contributed by atoms with Crippen LogP contribution in [0.15, 0.2) is 18.2 Å². The summed E-state index contributed by atoms with van der Waals surface area (Å²) in [6, 6.07) is 3.35. The monoisotopic (exact) mass is 310 g/mol. The SMILES string of the molecule is O=C(CN1CCSC1=O)NCc1cc([N+](=O)[O-])ccc1[O-]. The predicted octanol–water partition coefficient (Wildman–Crippen LogP) is 0.453. The van der Waals surface area contributed by atoms with Gasteiger partial charge >= 0.3 is 0 Å². The van der Waals surface area contributed by atoms with Gasteiger partial charge in [0.1, 0.15) is 6.54 Å². The Morgan fingerprint density at radius 2 is 2.24 bits per heavy atom. The van der Waals surface area contributed by atoms with E-state index < -0.39 is 10.8 Å². The van der Waals surface area contributed by atoms with Crippen molar-refractivity contribution in [2.24, 2.45) is 0 Å². The fourth-order valence-corrected chi connectivity index (χ4v) is 2.63. The van der Waals surface area contributed by atoms with E-state index in [0.717, 1.165) is 30.0 Å². The largest absolute Gasteiger partial charge is 0.872 e. The minimum atomic E-state index is -0.606. The summed E-state index contributed by atoms with van der Waals surface area (Å²) < 4.78 is 0. The van der Waals surface area contributed by atoms with Crippen LogP contribution in [-0.4, -0.2) is 39.8 Å². The molecule has 0 saturated carbocycles. The summed E-state index contributed by atoms with van der Waals surface area (Å²) >= 11 is 1.15. The molecule has 2 amide bonds. The van der Waals surface area contributed by atoms with Crippen molar-refractivity contribution in [3.63, 3.8) is 0 Å². The van der Waals surface area contributed by atoms with Gasteiger partial charge in [-0.1, -0.05) is 17.8 Å². The molecule has 1 fully saturated rings. The molecule has 1 aromatic carbocycles. The highest BCUT2D eigenvalue weighted by Crippen LogP contribution is 2.20. The lowest BCUT2D eigenvalue weighted by atomic mass is 10.2. The third kappa shape index (κ3) is 3.85. The van der Waals surface area contributed by atoms with Crippen molar-refractivity contribution in [3.8, 4) is 5.75 Å². The van der Waals surface area contributed by atoms with E-state index in [1.807, 2.05) is 0 Å². The van der Waals surface area contributed by atoms with E-state index in [-0.39, 0.29) is 35.3 Å². The number of thioether (sulfide) groups is 1. The Bertz CT molecular complexity index is 592. The van der Waals surface area contributed by atoms with Gasteiger partial charge in [0.15, 0.2) is 0 Å². The number of benzene rings is 1. The van der Waals surface area contributed by atoms with Crippen LogP contribution in [0, 0.1) is 10.1 Å². The Balaban J connectivity index is 1.93. The van der Waals surface area contributed by atoms with E-state index >= 15 is 0 Å². The van der Waals surface area contributed by atoms with Crippen LogP contribution in [0.4, 0.5) is 10.5 Å². The molecule has 8 nitrogen and oxygen atoms in total. The molecule has 0 aliphatic carbocycles. The molecule has 0 unspecified atom stereocenters. The van der Waals surface area contributed by atoms with Crippen LogP contribution in [0.2, 0.25) is 0 Å². The molecule has 1 saturated heterocycles. The molecule has 0 atom stereocenters. The zero-order valence-electron chi connectivity index (χ0n) is 10.9. The number of amides is 2. The molecule has 1 aliphatic heterocycles. The van der Waals surface area contributed by atoms with E-state index in [4.69, 9.17) is 0 Å². The van der Waals surface area contributed by atoms with Crippen LogP contribution in [0.1, 0.15) is 5.56 Å². The maximum absolute atomic E-state index is 11.7. The smallest absolute Gasteiger partial charge is 0.282 e. The summed E-state index contributed by atoms with van der Waals surface area (Å²) in [7, 11) is 0. The van der Waals surface area contributed by atoms with Crippen LogP contribution < -0.4 is 10.4 Å². The summed E-state index contributed by atoms with van der Waals surface area (Å²) in [6.07, 6.45) is 0. The average molecular weight is 310 g/mol. The number of hydrogen-bond donors (Lipinski definition) is 1. The number of rotatable bonds is 5. The molecule has 2 rings (SSSR count). The summed E-state index contributed by atoms with van der Waals surface area (Å²) in [5.41, 5.74) is -0.0651. The topological polar surface area (TPSA) is 116 Å². The van der Waals surface area contributed by atoms with Crippen molar-refractivity contribution < 1.29 is 19.6 Å². The quantitative estimate of drug-likeness (QED) is 0.623. The van der Waals surface area contributed by atoms with E-state index in [1.54, 1.807) is 0 Å². The fourth-order valence-electron chi connectivity index (χ4n) is 1.81. The maximum atomic E-state index is 11.7. The van der Waals surface area contributed by atoms with Gasteiger partial charge in [-0.2, -0.15) is 0 Å². The third-order valence-electron chi connectivity index (χ3n) is 2.91. The van der Waals surface area contributed by atoms with Gasteiger partial charge in [-0.25, -0.2) is 0 Å². The molecule has 9 heteroatoms. The molecule has 1 aliphatic rings. The molecular formula is C12H12N3O5S-. The third-order valence-corrected chi connectivity index (χ3v) is 3.80. The van der Waals surface area contributed by atoms with Gasteiger partial charge in [0.2, 0.25) is 5.91 Å². The van der Waals surface area contributed by atoms with Crippen LogP contribution in [0.3, 0.4) is 0 Å².